The molecule has 0 fully saturated rings. The molecule has 0 aromatic heterocycles. The van der Waals surface area contributed by atoms with Gasteiger partial charge >= 0.3 is 48.1 Å². The molecule has 0 amide bonds. The zero-order valence-electron chi connectivity index (χ0n) is 11.0. The van der Waals surface area contributed by atoms with Crippen molar-refractivity contribution in [2.24, 2.45) is 0 Å². The summed E-state index contributed by atoms with van der Waals surface area (Å²) in [5, 5.41) is 0. The zero-order chi connectivity index (χ0) is 10.6. The van der Waals surface area contributed by atoms with Crippen molar-refractivity contribution in [3.8, 4) is 5.75 Å². The van der Waals surface area contributed by atoms with E-state index in [4.69, 9.17) is 9.47 Å². The Kier molecular flexibility index (Phi) is 19.0. The fourth-order valence-electron chi connectivity index (χ4n) is 0.807. The zero-order valence-corrected chi connectivity index (χ0v) is 14.8. The van der Waals surface area contributed by atoms with E-state index in [1.165, 1.54) is 0 Å². The van der Waals surface area contributed by atoms with E-state index >= 15 is 0 Å². The van der Waals surface area contributed by atoms with Gasteiger partial charge < -0.3 is 38.9 Å². The van der Waals surface area contributed by atoms with Crippen molar-refractivity contribution in [1.29, 1.82) is 0 Å². The van der Waals surface area contributed by atoms with Gasteiger partial charge in [0, 0.05) is 5.75 Å². The average Bonchev–Trinajstić information content (AvgIpc) is 2.02. The van der Waals surface area contributed by atoms with Crippen LogP contribution in [0.15, 0.2) is 24.3 Å². The molecule has 0 aliphatic carbocycles. The number of benzene rings is 1. The minimum Gasteiger partial charge on any atom is -1.00 e. The van der Waals surface area contributed by atoms with Crippen LogP contribution in [0.4, 0.5) is 4.79 Å². The molecule has 0 atom stereocenters. The molecule has 0 spiro atoms. The summed E-state index contributed by atoms with van der Waals surface area (Å²) in [5.41, 5.74) is -0.532. The molecule has 0 saturated heterocycles. The predicted molar refractivity (Wildman–Crippen MR) is 57.9 cm³/mol. The van der Waals surface area contributed by atoms with Gasteiger partial charge in [0.15, 0.2) is 0 Å². The molecule has 0 aliphatic rings. The molecule has 3 nitrogen and oxygen atoms in total. The van der Waals surface area contributed by atoms with Crippen molar-refractivity contribution in [1.82, 2.24) is 0 Å². The second kappa shape index (κ2) is 12.6. The van der Waals surface area contributed by atoms with Gasteiger partial charge in [-0.1, -0.05) is 0 Å². The third kappa shape index (κ3) is 13.1. The number of carbonyl (C=O) groups excluding carboxylic acids is 1. The second-order valence-corrected chi connectivity index (χ2v) is 3.81. The van der Waals surface area contributed by atoms with Crippen molar-refractivity contribution < 1.29 is 62.5 Å². The van der Waals surface area contributed by atoms with Crippen molar-refractivity contribution in [3.63, 3.8) is 0 Å². The third-order valence-electron chi connectivity index (χ3n) is 1.27. The van der Waals surface area contributed by atoms with E-state index in [1.54, 1.807) is 45.0 Å². The Labute approximate surface area is 153 Å². The van der Waals surface area contributed by atoms with Crippen molar-refractivity contribution in [2.75, 3.05) is 0 Å². The van der Waals surface area contributed by atoms with E-state index in [-0.39, 0.29) is 71.3 Å². The topological polar surface area (TPSA) is 35.5 Å². The van der Waals surface area contributed by atoms with Gasteiger partial charge in [0.1, 0.15) is 5.60 Å². The van der Waals surface area contributed by atoms with Gasteiger partial charge in [-0.05, 0) is 20.8 Å². The minimum atomic E-state index is -0.697. The summed E-state index contributed by atoms with van der Waals surface area (Å²) in [6.45, 7) is 5.35. The monoisotopic (exact) mass is 338 g/mol. The molecule has 0 N–H and O–H groups in total. The molecule has 0 unspecified atom stereocenters. The smallest absolute Gasteiger partial charge is 1.00 e. The maximum absolute atomic E-state index is 11.2. The van der Waals surface area contributed by atoms with E-state index in [2.05, 4.69) is 6.07 Å². The number of halogens is 2. The summed E-state index contributed by atoms with van der Waals surface area (Å²) >= 11 is 0. The van der Waals surface area contributed by atoms with Crippen LogP contribution in [0.3, 0.4) is 0 Å². The first kappa shape index (κ1) is 27.0. The minimum absolute atomic E-state index is 0. The molecule has 1 rings (SSSR count). The van der Waals surface area contributed by atoms with Gasteiger partial charge in [-0.2, -0.15) is 18.2 Å². The van der Waals surface area contributed by atoms with Crippen LogP contribution < -0.4 is 53.0 Å². The Morgan fingerprint density at radius 2 is 1.89 bits per heavy atom. The maximum atomic E-state index is 11.2. The molecule has 0 radical (unpaired) electrons. The van der Waals surface area contributed by atoms with Crippen molar-refractivity contribution in [2.45, 2.75) is 26.4 Å². The van der Waals surface area contributed by atoms with E-state index in [0.717, 1.165) is 0 Å². The van der Waals surface area contributed by atoms with Crippen molar-refractivity contribution >= 4 is 29.2 Å². The van der Waals surface area contributed by atoms with Crippen LogP contribution in [0, 0.1) is 6.07 Å². The van der Waals surface area contributed by atoms with Crippen LogP contribution in [-0.2, 0) is 4.74 Å². The third-order valence-corrected chi connectivity index (χ3v) is 1.27. The van der Waals surface area contributed by atoms with E-state index < -0.39 is 11.8 Å². The van der Waals surface area contributed by atoms with Crippen LogP contribution in [-0.4, -0.2) is 34.8 Å². The molecule has 18 heavy (non-hydrogen) atoms. The number of rotatable bonds is 1. The second-order valence-electron chi connectivity index (χ2n) is 3.81. The molecule has 92 valence electrons. The number of hydrogen-bond acceptors (Lipinski definition) is 3. The Morgan fingerprint density at radius 1 is 1.33 bits per heavy atom. The molecular formula is C11H13BrClLiMgO3. The first-order valence-corrected chi connectivity index (χ1v) is 4.34. The van der Waals surface area contributed by atoms with Gasteiger partial charge in [-0.25, -0.2) is 4.79 Å². The van der Waals surface area contributed by atoms with Gasteiger partial charge in [-0.3, -0.25) is 0 Å². The largest absolute Gasteiger partial charge is 2.00 e. The van der Waals surface area contributed by atoms with Crippen LogP contribution in [0.5, 0.6) is 5.75 Å². The first-order valence-electron chi connectivity index (χ1n) is 4.34. The maximum Gasteiger partial charge on any atom is 2.00 e. The van der Waals surface area contributed by atoms with Crippen LogP contribution in [0.25, 0.3) is 0 Å². The predicted octanol–water partition coefficient (Wildman–Crippen LogP) is -6.57. The van der Waals surface area contributed by atoms with E-state index in [0.29, 0.717) is 5.75 Å². The molecule has 1 aromatic rings. The molecule has 7 heteroatoms. The Balaban J connectivity index is -0.000000245. The van der Waals surface area contributed by atoms with E-state index in [1.807, 2.05) is 0 Å². The summed E-state index contributed by atoms with van der Waals surface area (Å²) in [5.74, 6) is 0.432. The summed E-state index contributed by atoms with van der Waals surface area (Å²) in [7, 11) is 0. The van der Waals surface area contributed by atoms with Crippen molar-refractivity contribution in [3.05, 3.63) is 30.3 Å². The molecule has 1 aromatic carbocycles. The average molecular weight is 340 g/mol. The number of ether oxygens (including phenoxy) is 2. The molecule has 0 heterocycles. The molecular weight excluding hydrogens is 327 g/mol. The molecule has 0 saturated carbocycles. The summed E-state index contributed by atoms with van der Waals surface area (Å²) in [6, 6.07) is 9.50. The van der Waals surface area contributed by atoms with Gasteiger partial charge in [0.05, 0.1) is 0 Å². The standard InChI is InChI=1S/C11H13O3.BrH.ClH.Li.Mg/c1-11(2,3)14-10(12)13-9-7-5-4-6-8-9;;;;/h4-5,7-8H,1-3H3;2*1H;;/q-1;;;+1;+2/p-2. The van der Waals surface area contributed by atoms with Crippen LogP contribution >= 0.6 is 0 Å². The Hall–Kier alpha value is 0.624. The fraction of sp³-hybridized carbons (Fsp3) is 0.364. The number of carbonyl (C=O) groups is 1. The Bertz CT molecular complexity index is 320. The normalized spacial score (nSPS) is 8.39. The Morgan fingerprint density at radius 3 is 2.28 bits per heavy atom. The van der Waals surface area contributed by atoms with Gasteiger partial charge in [-0.15, -0.1) is 12.1 Å². The van der Waals surface area contributed by atoms with Crippen LogP contribution in [0.2, 0.25) is 0 Å². The van der Waals surface area contributed by atoms with Crippen LogP contribution in [0.1, 0.15) is 20.8 Å². The van der Waals surface area contributed by atoms with E-state index in [9.17, 15) is 4.79 Å². The molecule has 0 aliphatic heterocycles. The van der Waals surface area contributed by atoms with Gasteiger partial charge in [0.2, 0.25) is 0 Å². The van der Waals surface area contributed by atoms with Gasteiger partial charge in [0.25, 0.3) is 0 Å². The summed E-state index contributed by atoms with van der Waals surface area (Å²) in [6.07, 6.45) is -0.697. The molecule has 0 bridgehead atoms. The fourth-order valence-corrected chi connectivity index (χ4v) is 0.807. The SMILES string of the molecule is CC(C)(C)OC(=O)Oc1c[c-]ccc1.[Br-].[Cl-].[Li+].[Mg+2]. The number of hydrogen-bond donors (Lipinski definition) is 0. The first-order chi connectivity index (χ1) is 6.47. The summed E-state index contributed by atoms with van der Waals surface area (Å²) in [4.78, 5) is 11.2. The summed E-state index contributed by atoms with van der Waals surface area (Å²) < 4.78 is 9.86. The quantitative estimate of drug-likeness (QED) is 0.221.